The Morgan fingerprint density at radius 2 is 0.647 bits per heavy atom. The number of carbonyl (C=O) groups is 5. The van der Waals surface area contributed by atoms with Crippen molar-refractivity contribution < 1.29 is 43.3 Å². The van der Waals surface area contributed by atoms with Gasteiger partial charge in [0.1, 0.15) is 0 Å². The molecule has 0 saturated carbocycles. The first-order valence-corrected chi connectivity index (χ1v) is 21.3. The van der Waals surface area contributed by atoms with Crippen LogP contribution in [0.25, 0.3) is 27.5 Å². The Kier molecular flexibility index (Phi) is 14.2. The Morgan fingerprint density at radius 1 is 0.368 bits per heavy atom. The average Bonchev–Trinajstić information content (AvgIpc) is 3.66. The molecular weight excluding hydrogens is 865 g/mol. The summed E-state index contributed by atoms with van der Waals surface area (Å²) in [6, 6.07) is 41.6. The molecule has 0 atom stereocenters. The Hall–Kier alpha value is -8.85. The molecule has 68 heavy (non-hydrogen) atoms. The highest BCUT2D eigenvalue weighted by molar-refractivity contribution is 6.15. The molecule has 7 rings (SSSR count). The number of aromatic nitrogens is 1. The van der Waals surface area contributed by atoms with E-state index < -0.39 is 23.9 Å². The zero-order valence-electron chi connectivity index (χ0n) is 38.6. The number of carbonyl (C=O) groups excluding carboxylic acids is 5. The van der Waals surface area contributed by atoms with Crippen LogP contribution in [0.2, 0.25) is 0 Å². The molecule has 15 heteroatoms. The topological polar surface area (TPSA) is 180 Å². The first-order chi connectivity index (χ1) is 32.6. The van der Waals surface area contributed by atoms with Crippen molar-refractivity contribution in [3.05, 3.63) is 167 Å². The zero-order chi connectivity index (χ0) is 48.6. The van der Waals surface area contributed by atoms with Crippen LogP contribution < -0.4 is 4.90 Å². The summed E-state index contributed by atoms with van der Waals surface area (Å²) in [6.45, 7) is 12.1. The van der Waals surface area contributed by atoms with E-state index in [1.165, 1.54) is 27.7 Å². The number of hydrogen-bond donors (Lipinski definition) is 0. The molecule has 0 fully saturated rings. The van der Waals surface area contributed by atoms with Gasteiger partial charge in [-0.2, -0.15) is 0 Å². The second kappa shape index (κ2) is 20.5. The van der Waals surface area contributed by atoms with Gasteiger partial charge in [-0.3, -0.25) is 4.79 Å². The molecule has 0 radical (unpaired) electrons. The van der Waals surface area contributed by atoms with Crippen molar-refractivity contribution in [1.82, 2.24) is 4.57 Å². The summed E-state index contributed by atoms with van der Waals surface area (Å²) in [4.78, 5) is 81.3. The van der Waals surface area contributed by atoms with Gasteiger partial charge in [0.2, 0.25) is 0 Å². The van der Waals surface area contributed by atoms with Crippen LogP contribution >= 0.6 is 0 Å². The molecule has 0 unspecified atom stereocenters. The number of oxime groups is 4. The first kappa shape index (κ1) is 47.1. The van der Waals surface area contributed by atoms with Gasteiger partial charge in [0.15, 0.2) is 5.78 Å². The number of anilines is 3. The Balaban J connectivity index is 1.21. The normalized spacial score (nSPS) is 12.2. The molecular formula is C53H46N6O9. The molecule has 0 saturated heterocycles. The molecule has 7 aromatic rings. The number of benzene rings is 6. The quantitative estimate of drug-likeness (QED) is 0.0441. The van der Waals surface area contributed by atoms with Gasteiger partial charge in [-0.1, -0.05) is 57.0 Å². The molecule has 15 nitrogen and oxygen atoms in total. The van der Waals surface area contributed by atoms with Gasteiger partial charge in [-0.25, -0.2) is 19.2 Å². The van der Waals surface area contributed by atoms with Crippen molar-refractivity contribution >= 4 is 91.4 Å². The highest BCUT2D eigenvalue weighted by atomic mass is 16.7. The smallest absolute Gasteiger partial charge is 0.318 e. The maximum Gasteiger partial charge on any atom is 0.331 e. The predicted molar refractivity (Wildman–Crippen MR) is 261 cm³/mol. The van der Waals surface area contributed by atoms with E-state index in [4.69, 9.17) is 19.4 Å². The molecule has 0 aliphatic carbocycles. The molecule has 0 bridgehead atoms. The number of fused-ring (bicyclic) bond motifs is 3. The summed E-state index contributed by atoms with van der Waals surface area (Å²) in [5.74, 6) is -2.26. The molecule has 342 valence electrons. The molecule has 1 aromatic heterocycles. The number of nitrogens with zero attached hydrogens (tertiary/aromatic N) is 6. The number of hydrogen-bond acceptors (Lipinski definition) is 14. The van der Waals surface area contributed by atoms with E-state index in [-0.39, 0.29) is 5.78 Å². The van der Waals surface area contributed by atoms with E-state index in [2.05, 4.69) is 25.2 Å². The number of rotatable bonds is 14. The lowest BCUT2D eigenvalue weighted by atomic mass is 10.0. The molecule has 1 heterocycles. The van der Waals surface area contributed by atoms with Crippen molar-refractivity contribution in [3.8, 4) is 5.69 Å². The summed E-state index contributed by atoms with van der Waals surface area (Å²) in [6.07, 6.45) is 0. The van der Waals surface area contributed by atoms with Crippen molar-refractivity contribution in [2.75, 3.05) is 4.90 Å². The lowest BCUT2D eigenvalue weighted by molar-refractivity contribution is -0.141. The lowest BCUT2D eigenvalue weighted by Crippen LogP contribution is -2.11. The standard InChI is InChI=1S/C53H46N6O9/c1-31(54-65-35(5)60)39-9-19-45(20-10-39)58(46-21-11-40(12-22-46)32(2)55-66-36(6)61)47-23-13-41(14-24-47)53(64)42-15-25-48(26-16-42)59-51-27-17-43(33(3)56-67-37(7)62)29-49(51)50-30-44(18-28-52(50)59)34(4)57-68-38(8)63/h9-30H,1-8H3. The summed E-state index contributed by atoms with van der Waals surface area (Å²) in [7, 11) is 0. The van der Waals surface area contributed by atoms with E-state index in [0.29, 0.717) is 34.0 Å². The van der Waals surface area contributed by atoms with Crippen LogP contribution in [0.4, 0.5) is 17.1 Å². The molecule has 0 spiro atoms. The second-order valence-electron chi connectivity index (χ2n) is 15.7. The average molecular weight is 911 g/mol. The van der Waals surface area contributed by atoms with Gasteiger partial charge in [0.25, 0.3) is 0 Å². The first-order valence-electron chi connectivity index (χ1n) is 21.3. The summed E-state index contributed by atoms with van der Waals surface area (Å²) in [5.41, 5.74) is 11.0. The Morgan fingerprint density at radius 3 is 0.971 bits per heavy atom. The fourth-order valence-corrected chi connectivity index (χ4v) is 7.33. The van der Waals surface area contributed by atoms with Crippen LogP contribution in [0, 0.1) is 0 Å². The van der Waals surface area contributed by atoms with Gasteiger partial charge in [0, 0.05) is 72.3 Å². The highest BCUT2D eigenvalue weighted by Gasteiger charge is 2.19. The van der Waals surface area contributed by atoms with Crippen molar-refractivity contribution in [1.29, 1.82) is 0 Å². The van der Waals surface area contributed by atoms with E-state index in [1.807, 2.05) is 114 Å². The third kappa shape index (κ3) is 10.8. The van der Waals surface area contributed by atoms with Crippen molar-refractivity contribution in [2.24, 2.45) is 20.6 Å². The van der Waals surface area contributed by atoms with Crippen LogP contribution in [0.3, 0.4) is 0 Å². The summed E-state index contributed by atoms with van der Waals surface area (Å²) in [5, 5.41) is 17.6. The highest BCUT2D eigenvalue weighted by Crippen LogP contribution is 2.37. The monoisotopic (exact) mass is 910 g/mol. The number of ketones is 1. The SMILES string of the molecule is CC(=O)ON=C(C)c1ccc(N(c2ccc(C(=O)c3ccc(-n4c5ccc(C(C)=NOC(C)=O)cc5c5cc(C(C)=NOC(C)=O)ccc54)cc3)cc2)c2ccc(C(C)=NOC(C)=O)cc2)cc1. The van der Waals surface area contributed by atoms with Gasteiger partial charge < -0.3 is 28.8 Å². The molecule has 0 aliphatic rings. The van der Waals surface area contributed by atoms with Gasteiger partial charge in [-0.05, 0) is 147 Å². The van der Waals surface area contributed by atoms with E-state index in [1.54, 1.807) is 52.0 Å². The molecule has 0 N–H and O–H groups in total. The fourth-order valence-electron chi connectivity index (χ4n) is 7.33. The largest absolute Gasteiger partial charge is 0.331 e. The zero-order valence-corrected chi connectivity index (χ0v) is 38.6. The Bertz CT molecular complexity index is 3060. The van der Waals surface area contributed by atoms with Crippen LogP contribution in [-0.2, 0) is 38.5 Å². The minimum atomic E-state index is -0.528. The van der Waals surface area contributed by atoms with Gasteiger partial charge >= 0.3 is 23.9 Å². The maximum atomic E-state index is 14.1. The fraction of sp³-hybridized carbons (Fsp3) is 0.151. The Labute approximate surface area is 391 Å². The van der Waals surface area contributed by atoms with Crippen LogP contribution in [-0.4, -0.2) is 57.1 Å². The molecule has 0 aliphatic heterocycles. The minimum absolute atomic E-state index is 0.171. The van der Waals surface area contributed by atoms with Crippen molar-refractivity contribution in [3.63, 3.8) is 0 Å². The minimum Gasteiger partial charge on any atom is -0.318 e. The third-order valence-corrected chi connectivity index (χ3v) is 10.7. The maximum absolute atomic E-state index is 14.1. The van der Waals surface area contributed by atoms with E-state index >= 15 is 0 Å². The van der Waals surface area contributed by atoms with E-state index in [0.717, 1.165) is 66.8 Å². The third-order valence-electron chi connectivity index (χ3n) is 10.7. The summed E-state index contributed by atoms with van der Waals surface area (Å²) < 4.78 is 2.09. The van der Waals surface area contributed by atoms with Crippen LogP contribution in [0.5, 0.6) is 0 Å². The second-order valence-corrected chi connectivity index (χ2v) is 15.7. The molecule has 0 amide bonds. The van der Waals surface area contributed by atoms with Crippen LogP contribution in [0.15, 0.2) is 154 Å². The van der Waals surface area contributed by atoms with Crippen LogP contribution in [0.1, 0.15) is 93.6 Å². The van der Waals surface area contributed by atoms with Crippen molar-refractivity contribution in [2.45, 2.75) is 55.4 Å². The predicted octanol–water partition coefficient (Wildman–Crippen LogP) is 10.6. The summed E-state index contributed by atoms with van der Waals surface area (Å²) >= 11 is 0. The van der Waals surface area contributed by atoms with Gasteiger partial charge in [0.05, 0.1) is 33.9 Å². The van der Waals surface area contributed by atoms with Gasteiger partial charge in [-0.15, -0.1) is 0 Å². The lowest BCUT2D eigenvalue weighted by Gasteiger charge is -2.26. The van der Waals surface area contributed by atoms with E-state index in [9.17, 15) is 24.0 Å². The molecule has 6 aromatic carbocycles.